The zero-order chi connectivity index (χ0) is 9.42. The summed E-state index contributed by atoms with van der Waals surface area (Å²) in [4.78, 5) is 15.7. The van der Waals surface area contributed by atoms with Crippen molar-refractivity contribution in [2.24, 2.45) is 5.92 Å². The lowest BCUT2D eigenvalue weighted by molar-refractivity contribution is 0.0950. The molecule has 1 aliphatic carbocycles. The van der Waals surface area contributed by atoms with Gasteiger partial charge in [0.1, 0.15) is 6.33 Å². The van der Waals surface area contributed by atoms with Gasteiger partial charge in [0, 0.05) is 12.0 Å². The normalized spacial score (nSPS) is 16.5. The van der Waals surface area contributed by atoms with Gasteiger partial charge in [-0.15, -0.1) is 0 Å². The summed E-state index contributed by atoms with van der Waals surface area (Å²) in [6, 6.07) is 0.209. The van der Waals surface area contributed by atoms with Crippen LogP contribution in [-0.2, 0) is 0 Å². The Morgan fingerprint density at radius 3 is 2.85 bits per heavy atom. The van der Waals surface area contributed by atoms with Crippen LogP contribution < -0.4 is 0 Å². The van der Waals surface area contributed by atoms with Crippen molar-refractivity contribution in [1.82, 2.24) is 14.8 Å². The van der Waals surface area contributed by atoms with E-state index >= 15 is 0 Å². The van der Waals surface area contributed by atoms with Crippen LogP contribution in [0.1, 0.15) is 43.3 Å². The molecule has 0 aliphatic heterocycles. The van der Waals surface area contributed by atoms with Crippen LogP contribution in [0.2, 0.25) is 0 Å². The molecule has 0 unspecified atom stereocenters. The van der Waals surface area contributed by atoms with E-state index in [1.54, 1.807) is 4.68 Å². The average molecular weight is 179 g/mol. The lowest BCUT2D eigenvalue weighted by Crippen LogP contribution is -2.14. The molecule has 4 nitrogen and oxygen atoms in total. The van der Waals surface area contributed by atoms with Gasteiger partial charge >= 0.3 is 0 Å². The van der Waals surface area contributed by atoms with Gasteiger partial charge in [-0.05, 0) is 26.7 Å². The fourth-order valence-electron chi connectivity index (χ4n) is 1.33. The van der Waals surface area contributed by atoms with Gasteiger partial charge in [-0.2, -0.15) is 5.10 Å². The third-order valence-corrected chi connectivity index (χ3v) is 2.23. The molecule has 0 N–H and O–H groups in total. The van der Waals surface area contributed by atoms with E-state index in [4.69, 9.17) is 0 Å². The van der Waals surface area contributed by atoms with Gasteiger partial charge < -0.3 is 0 Å². The molecule has 0 amide bonds. The van der Waals surface area contributed by atoms with E-state index in [1.165, 1.54) is 6.33 Å². The summed E-state index contributed by atoms with van der Waals surface area (Å²) in [7, 11) is 0. The Morgan fingerprint density at radius 1 is 1.62 bits per heavy atom. The minimum atomic E-state index is 0.159. The summed E-state index contributed by atoms with van der Waals surface area (Å²) in [5.74, 6) is 0.908. The van der Waals surface area contributed by atoms with Crippen molar-refractivity contribution in [1.29, 1.82) is 0 Å². The maximum absolute atomic E-state index is 11.7. The predicted octanol–water partition coefficient (Wildman–Crippen LogP) is 1.45. The summed E-state index contributed by atoms with van der Waals surface area (Å²) in [6.07, 6.45) is 3.49. The Kier molecular flexibility index (Phi) is 1.90. The molecule has 0 atom stereocenters. The van der Waals surface area contributed by atoms with E-state index in [1.807, 2.05) is 13.8 Å². The quantitative estimate of drug-likeness (QED) is 0.660. The molecule has 0 radical (unpaired) electrons. The largest absolute Gasteiger partial charge is 0.290 e. The van der Waals surface area contributed by atoms with Crippen molar-refractivity contribution >= 4 is 5.78 Å². The Hall–Kier alpha value is -1.19. The van der Waals surface area contributed by atoms with E-state index < -0.39 is 0 Å². The zero-order valence-corrected chi connectivity index (χ0v) is 7.90. The van der Waals surface area contributed by atoms with Crippen molar-refractivity contribution in [3.05, 3.63) is 12.2 Å². The maximum Gasteiger partial charge on any atom is 0.202 e. The lowest BCUT2D eigenvalue weighted by atomic mass is 10.2. The Morgan fingerprint density at radius 2 is 2.31 bits per heavy atom. The second-order valence-corrected chi connectivity index (χ2v) is 3.76. The van der Waals surface area contributed by atoms with E-state index in [9.17, 15) is 4.79 Å². The van der Waals surface area contributed by atoms with E-state index in [0.29, 0.717) is 5.82 Å². The summed E-state index contributed by atoms with van der Waals surface area (Å²) in [5.41, 5.74) is 0. The predicted molar refractivity (Wildman–Crippen MR) is 47.5 cm³/mol. The second-order valence-electron chi connectivity index (χ2n) is 3.76. The van der Waals surface area contributed by atoms with Gasteiger partial charge in [-0.1, -0.05) is 0 Å². The molecular weight excluding hydrogens is 166 g/mol. The van der Waals surface area contributed by atoms with Gasteiger partial charge in [0.25, 0.3) is 0 Å². The highest BCUT2D eigenvalue weighted by Crippen LogP contribution is 2.32. The number of hydrogen-bond donors (Lipinski definition) is 0. The molecule has 0 aromatic carbocycles. The van der Waals surface area contributed by atoms with Crippen molar-refractivity contribution in [2.45, 2.75) is 32.7 Å². The topological polar surface area (TPSA) is 47.8 Å². The fraction of sp³-hybridized carbons (Fsp3) is 0.667. The van der Waals surface area contributed by atoms with Crippen LogP contribution in [0.5, 0.6) is 0 Å². The monoisotopic (exact) mass is 179 g/mol. The minimum Gasteiger partial charge on any atom is -0.290 e. The number of Topliss-reactive ketones (excluding diaryl/α,β-unsaturated/α-hetero) is 1. The molecule has 13 heavy (non-hydrogen) atoms. The smallest absolute Gasteiger partial charge is 0.202 e. The first kappa shape index (κ1) is 8.41. The maximum atomic E-state index is 11.7. The summed E-state index contributed by atoms with van der Waals surface area (Å²) in [5, 5.41) is 4.03. The molecule has 0 spiro atoms. The van der Waals surface area contributed by atoms with Crippen LogP contribution in [0, 0.1) is 5.92 Å². The number of aromatic nitrogens is 3. The van der Waals surface area contributed by atoms with Crippen LogP contribution in [0.25, 0.3) is 0 Å². The molecule has 4 heteroatoms. The number of carbonyl (C=O) groups excluding carboxylic acids is 1. The summed E-state index contributed by atoms with van der Waals surface area (Å²) in [6.45, 7) is 4.00. The Bertz CT molecular complexity index is 325. The molecule has 1 saturated carbocycles. The van der Waals surface area contributed by atoms with Crippen LogP contribution in [0.3, 0.4) is 0 Å². The SMILES string of the molecule is CC(C)n1ncnc1C(=O)C1CC1. The van der Waals surface area contributed by atoms with Crippen LogP contribution in [-0.4, -0.2) is 20.5 Å². The first-order chi connectivity index (χ1) is 6.20. The van der Waals surface area contributed by atoms with Crippen molar-refractivity contribution < 1.29 is 4.79 Å². The first-order valence-electron chi connectivity index (χ1n) is 4.64. The molecule has 1 aliphatic rings. The van der Waals surface area contributed by atoms with Crippen molar-refractivity contribution in [3.63, 3.8) is 0 Å². The van der Waals surface area contributed by atoms with Gasteiger partial charge in [0.2, 0.25) is 5.78 Å². The Balaban J connectivity index is 2.27. The number of hydrogen-bond acceptors (Lipinski definition) is 3. The molecule has 2 rings (SSSR count). The molecule has 0 saturated heterocycles. The number of rotatable bonds is 3. The molecule has 1 heterocycles. The number of carbonyl (C=O) groups is 1. The molecule has 1 aromatic heterocycles. The van der Waals surface area contributed by atoms with E-state index in [-0.39, 0.29) is 17.7 Å². The van der Waals surface area contributed by atoms with Crippen LogP contribution in [0.4, 0.5) is 0 Å². The average Bonchev–Trinajstić information content (AvgIpc) is 2.80. The minimum absolute atomic E-state index is 0.159. The van der Waals surface area contributed by atoms with Gasteiger partial charge in [0.15, 0.2) is 5.82 Å². The fourth-order valence-corrected chi connectivity index (χ4v) is 1.33. The van der Waals surface area contributed by atoms with Gasteiger partial charge in [-0.25, -0.2) is 9.67 Å². The second kappa shape index (κ2) is 2.94. The first-order valence-corrected chi connectivity index (χ1v) is 4.64. The van der Waals surface area contributed by atoms with Crippen LogP contribution >= 0.6 is 0 Å². The molecule has 1 aromatic rings. The number of ketones is 1. The Labute approximate surface area is 77.0 Å². The molecule has 0 bridgehead atoms. The number of nitrogens with zero attached hydrogens (tertiary/aromatic N) is 3. The highest BCUT2D eigenvalue weighted by atomic mass is 16.1. The molecule has 70 valence electrons. The summed E-state index contributed by atoms with van der Waals surface area (Å²) >= 11 is 0. The third-order valence-electron chi connectivity index (χ3n) is 2.23. The van der Waals surface area contributed by atoms with Crippen molar-refractivity contribution in [3.8, 4) is 0 Å². The zero-order valence-electron chi connectivity index (χ0n) is 7.90. The third kappa shape index (κ3) is 1.48. The summed E-state index contributed by atoms with van der Waals surface area (Å²) < 4.78 is 1.70. The van der Waals surface area contributed by atoms with Gasteiger partial charge in [0.05, 0.1) is 0 Å². The van der Waals surface area contributed by atoms with Crippen LogP contribution in [0.15, 0.2) is 6.33 Å². The highest BCUT2D eigenvalue weighted by Gasteiger charge is 2.33. The van der Waals surface area contributed by atoms with E-state index in [0.717, 1.165) is 12.8 Å². The van der Waals surface area contributed by atoms with Crippen molar-refractivity contribution in [2.75, 3.05) is 0 Å². The molecule has 1 fully saturated rings. The standard InChI is InChI=1S/C9H13N3O/c1-6(2)12-9(10-5-11-12)8(13)7-3-4-7/h5-7H,3-4H2,1-2H3. The van der Waals surface area contributed by atoms with Gasteiger partial charge in [-0.3, -0.25) is 4.79 Å². The molecular formula is C9H13N3O. The highest BCUT2D eigenvalue weighted by molar-refractivity contribution is 5.96. The lowest BCUT2D eigenvalue weighted by Gasteiger charge is -2.07. The van der Waals surface area contributed by atoms with E-state index in [2.05, 4.69) is 10.1 Å².